The fraction of sp³-hybridized carbons (Fsp3) is 0.409. The Morgan fingerprint density at radius 3 is 2.33 bits per heavy atom. The molecule has 0 aromatic heterocycles. The fourth-order valence-corrected chi connectivity index (χ4v) is 2.78. The van der Waals surface area contributed by atoms with Gasteiger partial charge in [-0.2, -0.15) is 0 Å². The van der Waals surface area contributed by atoms with Gasteiger partial charge in [0.25, 0.3) is 5.91 Å². The lowest BCUT2D eigenvalue weighted by atomic mass is 10.00. The van der Waals surface area contributed by atoms with Crippen molar-refractivity contribution in [1.82, 2.24) is 5.32 Å². The molecule has 1 unspecified atom stereocenters. The van der Waals surface area contributed by atoms with Crippen LogP contribution in [-0.4, -0.2) is 34.9 Å². The van der Waals surface area contributed by atoms with Crippen molar-refractivity contribution in [2.45, 2.75) is 44.8 Å². The molecule has 5 heteroatoms. The first kappa shape index (κ1) is 20.9. The van der Waals surface area contributed by atoms with Crippen molar-refractivity contribution in [3.8, 4) is 5.75 Å². The van der Waals surface area contributed by atoms with Crippen molar-refractivity contribution in [2.24, 2.45) is 0 Å². The molecule has 0 aliphatic heterocycles. The molecule has 0 radical (unpaired) electrons. The number of aliphatic hydroxyl groups is 2. The summed E-state index contributed by atoms with van der Waals surface area (Å²) in [6.07, 6.45) is 2.01. The van der Waals surface area contributed by atoms with E-state index in [1.807, 2.05) is 61.5 Å². The van der Waals surface area contributed by atoms with E-state index in [0.29, 0.717) is 12.2 Å². The first-order valence-corrected chi connectivity index (χ1v) is 9.38. The molecule has 2 atom stereocenters. The molecule has 0 heterocycles. The third-order valence-electron chi connectivity index (χ3n) is 4.73. The van der Waals surface area contributed by atoms with E-state index in [2.05, 4.69) is 5.32 Å². The number of carbonyl (C=O) groups excluding carboxylic acids is 1. The van der Waals surface area contributed by atoms with Crippen molar-refractivity contribution < 1.29 is 19.7 Å². The van der Waals surface area contributed by atoms with Gasteiger partial charge >= 0.3 is 0 Å². The zero-order valence-corrected chi connectivity index (χ0v) is 16.0. The smallest absolute Gasteiger partial charge is 0.264 e. The predicted octanol–water partition coefficient (Wildman–Crippen LogP) is 3.01. The molecule has 0 bridgehead atoms. The van der Waals surface area contributed by atoms with Crippen LogP contribution in [0.5, 0.6) is 5.75 Å². The molecular weight excluding hydrogens is 342 g/mol. The standard InChI is InChI=1S/C22H29NO4/c1-3-22(2,27-19-13-11-17(12-14-19)8-7-15-24)21(26)23-20(16-25)18-9-5-4-6-10-18/h4-6,9-14,20,24-25H,3,7-8,15-16H2,1-2H3,(H,23,26)/t20-,22?/m0/s1. The maximum absolute atomic E-state index is 12.9. The van der Waals surface area contributed by atoms with Crippen LogP contribution in [0.15, 0.2) is 54.6 Å². The number of benzene rings is 2. The third kappa shape index (κ3) is 5.81. The molecule has 1 amide bonds. The van der Waals surface area contributed by atoms with Crippen LogP contribution < -0.4 is 10.1 Å². The normalized spacial score (nSPS) is 14.2. The molecule has 146 valence electrons. The SMILES string of the molecule is CCC(C)(Oc1ccc(CCCO)cc1)C(=O)N[C@@H](CO)c1ccccc1. The monoisotopic (exact) mass is 371 g/mol. The highest BCUT2D eigenvalue weighted by Gasteiger charge is 2.35. The summed E-state index contributed by atoms with van der Waals surface area (Å²) < 4.78 is 6.01. The number of hydrogen-bond acceptors (Lipinski definition) is 4. The number of hydrogen-bond donors (Lipinski definition) is 3. The molecule has 0 spiro atoms. The van der Waals surface area contributed by atoms with Gasteiger partial charge in [0.2, 0.25) is 0 Å². The predicted molar refractivity (Wildman–Crippen MR) is 106 cm³/mol. The number of aryl methyl sites for hydroxylation is 1. The van der Waals surface area contributed by atoms with Gasteiger partial charge in [-0.15, -0.1) is 0 Å². The zero-order valence-electron chi connectivity index (χ0n) is 16.0. The summed E-state index contributed by atoms with van der Waals surface area (Å²) in [4.78, 5) is 12.9. The number of amides is 1. The highest BCUT2D eigenvalue weighted by Crippen LogP contribution is 2.24. The minimum atomic E-state index is -1.05. The summed E-state index contributed by atoms with van der Waals surface area (Å²) in [6, 6.07) is 16.5. The molecule has 0 aliphatic carbocycles. The summed E-state index contributed by atoms with van der Waals surface area (Å²) in [7, 11) is 0. The molecular formula is C22H29NO4. The summed E-state index contributed by atoms with van der Waals surface area (Å²) in [5.74, 6) is 0.347. The van der Waals surface area contributed by atoms with Crippen molar-refractivity contribution >= 4 is 5.91 Å². The molecule has 5 nitrogen and oxygen atoms in total. The molecule has 0 aliphatic rings. The molecule has 2 rings (SSSR count). The maximum Gasteiger partial charge on any atom is 0.264 e. The van der Waals surface area contributed by atoms with Crippen molar-refractivity contribution in [1.29, 1.82) is 0 Å². The Bertz CT molecular complexity index is 702. The van der Waals surface area contributed by atoms with Crippen molar-refractivity contribution in [2.75, 3.05) is 13.2 Å². The van der Waals surface area contributed by atoms with E-state index >= 15 is 0 Å². The van der Waals surface area contributed by atoms with E-state index in [-0.39, 0.29) is 19.1 Å². The lowest BCUT2D eigenvalue weighted by molar-refractivity contribution is -0.137. The van der Waals surface area contributed by atoms with Crippen LogP contribution >= 0.6 is 0 Å². The lowest BCUT2D eigenvalue weighted by Gasteiger charge is -2.30. The first-order chi connectivity index (χ1) is 13.0. The van der Waals surface area contributed by atoms with Crippen LogP contribution in [0.2, 0.25) is 0 Å². The van der Waals surface area contributed by atoms with E-state index in [1.54, 1.807) is 6.92 Å². The second kappa shape index (κ2) is 10.1. The number of rotatable bonds is 10. The van der Waals surface area contributed by atoms with Gasteiger partial charge in [0, 0.05) is 6.61 Å². The van der Waals surface area contributed by atoms with Gasteiger partial charge in [-0.3, -0.25) is 4.79 Å². The summed E-state index contributed by atoms with van der Waals surface area (Å²) >= 11 is 0. The Labute approximate surface area is 161 Å². The quantitative estimate of drug-likeness (QED) is 0.600. The molecule has 0 saturated carbocycles. The Kier molecular flexibility index (Phi) is 7.82. The van der Waals surface area contributed by atoms with Crippen LogP contribution in [0.1, 0.15) is 43.9 Å². The Morgan fingerprint density at radius 2 is 1.78 bits per heavy atom. The largest absolute Gasteiger partial charge is 0.478 e. The number of carbonyl (C=O) groups is 1. The van der Waals surface area contributed by atoms with Crippen LogP contribution in [0.4, 0.5) is 0 Å². The number of aliphatic hydroxyl groups excluding tert-OH is 2. The van der Waals surface area contributed by atoms with Gasteiger partial charge in [0.05, 0.1) is 12.6 Å². The summed E-state index contributed by atoms with van der Waals surface area (Å²) in [6.45, 7) is 3.63. The van der Waals surface area contributed by atoms with E-state index in [4.69, 9.17) is 9.84 Å². The second-order valence-corrected chi connectivity index (χ2v) is 6.78. The first-order valence-electron chi connectivity index (χ1n) is 9.38. The minimum Gasteiger partial charge on any atom is -0.478 e. The highest BCUT2D eigenvalue weighted by molar-refractivity contribution is 5.85. The molecule has 0 saturated heterocycles. The van der Waals surface area contributed by atoms with Crippen molar-refractivity contribution in [3.05, 3.63) is 65.7 Å². The van der Waals surface area contributed by atoms with Crippen molar-refractivity contribution in [3.63, 3.8) is 0 Å². The number of ether oxygens (including phenoxy) is 1. The van der Waals surface area contributed by atoms with Gasteiger partial charge in [0.15, 0.2) is 5.60 Å². The van der Waals surface area contributed by atoms with Crippen LogP contribution in [0.3, 0.4) is 0 Å². The van der Waals surface area contributed by atoms with Gasteiger partial charge < -0.3 is 20.3 Å². The third-order valence-corrected chi connectivity index (χ3v) is 4.73. The van der Waals surface area contributed by atoms with Gasteiger partial charge in [-0.1, -0.05) is 49.4 Å². The summed E-state index contributed by atoms with van der Waals surface area (Å²) in [5.41, 5.74) is 0.915. The molecule has 2 aromatic rings. The van der Waals surface area contributed by atoms with Crippen LogP contribution in [0.25, 0.3) is 0 Å². The molecule has 0 fully saturated rings. The van der Waals surface area contributed by atoms with E-state index < -0.39 is 11.6 Å². The summed E-state index contributed by atoms with van der Waals surface area (Å²) in [5, 5.41) is 21.5. The molecule has 2 aromatic carbocycles. The molecule has 3 N–H and O–H groups in total. The van der Waals surface area contributed by atoms with Gasteiger partial charge in [0.1, 0.15) is 5.75 Å². The Balaban J connectivity index is 2.07. The van der Waals surface area contributed by atoms with Crippen LogP contribution in [0, 0.1) is 0 Å². The average Bonchev–Trinajstić information content (AvgIpc) is 2.71. The fourth-order valence-electron chi connectivity index (χ4n) is 2.78. The maximum atomic E-state index is 12.9. The second-order valence-electron chi connectivity index (χ2n) is 6.78. The average molecular weight is 371 g/mol. The van der Waals surface area contributed by atoms with Crippen LogP contribution in [-0.2, 0) is 11.2 Å². The number of nitrogens with one attached hydrogen (secondary N) is 1. The van der Waals surface area contributed by atoms with Gasteiger partial charge in [-0.25, -0.2) is 0 Å². The minimum absolute atomic E-state index is 0.166. The topological polar surface area (TPSA) is 78.8 Å². The van der Waals surface area contributed by atoms with E-state index in [9.17, 15) is 9.90 Å². The van der Waals surface area contributed by atoms with E-state index in [0.717, 1.165) is 24.0 Å². The molecule has 27 heavy (non-hydrogen) atoms. The van der Waals surface area contributed by atoms with Gasteiger partial charge in [-0.05, 0) is 49.4 Å². The Hall–Kier alpha value is -2.37. The highest BCUT2D eigenvalue weighted by atomic mass is 16.5. The Morgan fingerprint density at radius 1 is 1.11 bits per heavy atom. The lowest BCUT2D eigenvalue weighted by Crippen LogP contribution is -2.50. The zero-order chi connectivity index (χ0) is 19.7. The van der Waals surface area contributed by atoms with E-state index in [1.165, 1.54) is 0 Å².